The van der Waals surface area contributed by atoms with Gasteiger partial charge < -0.3 is 4.74 Å². The first-order valence-electron chi connectivity index (χ1n) is 5.10. The van der Waals surface area contributed by atoms with E-state index >= 15 is 0 Å². The maximum Gasteiger partial charge on any atom is 0.235 e. The molecule has 0 saturated carbocycles. The molecule has 2 aromatic rings. The van der Waals surface area contributed by atoms with E-state index in [-0.39, 0.29) is 0 Å². The van der Waals surface area contributed by atoms with E-state index < -0.39 is 4.92 Å². The molecule has 0 aliphatic carbocycles. The Balaban J connectivity index is 2.66. The summed E-state index contributed by atoms with van der Waals surface area (Å²) < 4.78 is 5.27. The van der Waals surface area contributed by atoms with Gasteiger partial charge in [0.2, 0.25) is 6.20 Å². The second kappa shape index (κ2) is 4.65. The van der Waals surface area contributed by atoms with Gasteiger partial charge in [0.25, 0.3) is 0 Å². The van der Waals surface area contributed by atoms with Gasteiger partial charge in [0, 0.05) is 11.5 Å². The normalized spacial score (nSPS) is 10.9. The summed E-state index contributed by atoms with van der Waals surface area (Å²) in [6, 6.07) is 11.3. The van der Waals surface area contributed by atoms with E-state index in [1.807, 2.05) is 36.4 Å². The summed E-state index contributed by atoms with van der Waals surface area (Å²) in [5, 5.41) is 12.2. The van der Waals surface area contributed by atoms with Gasteiger partial charge in [-0.3, -0.25) is 10.1 Å². The molecule has 0 fully saturated rings. The van der Waals surface area contributed by atoms with Crippen molar-refractivity contribution in [3.8, 4) is 5.75 Å². The Morgan fingerprint density at radius 2 is 1.94 bits per heavy atom. The Morgan fingerprint density at radius 3 is 2.59 bits per heavy atom. The molecule has 2 rings (SSSR count). The van der Waals surface area contributed by atoms with Crippen molar-refractivity contribution in [2.75, 3.05) is 7.11 Å². The smallest absolute Gasteiger partial charge is 0.235 e. The molecule has 4 heteroatoms. The Bertz CT molecular complexity index is 585. The maximum atomic E-state index is 10.4. The van der Waals surface area contributed by atoms with E-state index in [4.69, 9.17) is 4.74 Å². The van der Waals surface area contributed by atoms with Crippen molar-refractivity contribution >= 4 is 16.8 Å². The van der Waals surface area contributed by atoms with Crippen LogP contribution in [0.2, 0.25) is 0 Å². The third-order valence-electron chi connectivity index (χ3n) is 2.49. The molecule has 86 valence electrons. The lowest BCUT2D eigenvalue weighted by Crippen LogP contribution is -1.88. The third kappa shape index (κ3) is 2.25. The first kappa shape index (κ1) is 11.1. The predicted octanol–water partition coefficient (Wildman–Crippen LogP) is 3.10. The highest BCUT2D eigenvalue weighted by Gasteiger charge is 2.05. The number of hydrogen-bond donors (Lipinski definition) is 0. The maximum absolute atomic E-state index is 10.4. The summed E-state index contributed by atoms with van der Waals surface area (Å²) in [4.78, 5) is 9.87. The van der Waals surface area contributed by atoms with Gasteiger partial charge >= 0.3 is 0 Å². The van der Waals surface area contributed by atoms with Crippen molar-refractivity contribution < 1.29 is 9.66 Å². The molecular weight excluding hydrogens is 218 g/mol. The van der Waals surface area contributed by atoms with E-state index in [0.717, 1.165) is 22.5 Å². The van der Waals surface area contributed by atoms with Crippen molar-refractivity contribution in [1.82, 2.24) is 0 Å². The molecule has 0 amide bonds. The van der Waals surface area contributed by atoms with E-state index in [2.05, 4.69) is 0 Å². The van der Waals surface area contributed by atoms with Crippen LogP contribution in [0.15, 0.2) is 42.6 Å². The van der Waals surface area contributed by atoms with Gasteiger partial charge in [-0.2, -0.15) is 0 Å². The molecule has 0 bridgehead atoms. The molecule has 0 spiro atoms. The SMILES string of the molecule is COc1cccc2cccc(C=C[N+](=O)[O-])c12. The lowest BCUT2D eigenvalue weighted by atomic mass is 10.0. The molecule has 0 saturated heterocycles. The molecule has 0 aromatic heterocycles. The van der Waals surface area contributed by atoms with Crippen molar-refractivity contribution in [3.05, 3.63) is 58.3 Å². The quantitative estimate of drug-likeness (QED) is 0.600. The molecule has 0 aliphatic rings. The van der Waals surface area contributed by atoms with Crippen LogP contribution in [0.25, 0.3) is 16.8 Å². The van der Waals surface area contributed by atoms with Crippen molar-refractivity contribution in [3.63, 3.8) is 0 Å². The number of nitro groups is 1. The van der Waals surface area contributed by atoms with Gasteiger partial charge in [-0.1, -0.05) is 30.3 Å². The molecule has 0 N–H and O–H groups in total. The number of hydrogen-bond acceptors (Lipinski definition) is 3. The van der Waals surface area contributed by atoms with Gasteiger partial charge in [-0.25, -0.2) is 0 Å². The van der Waals surface area contributed by atoms with Crippen LogP contribution in [-0.2, 0) is 0 Å². The third-order valence-corrected chi connectivity index (χ3v) is 2.49. The minimum absolute atomic E-state index is 0.478. The number of methoxy groups -OCH3 is 1. The molecule has 4 nitrogen and oxygen atoms in total. The predicted molar refractivity (Wildman–Crippen MR) is 66.5 cm³/mol. The van der Waals surface area contributed by atoms with E-state index in [1.165, 1.54) is 6.08 Å². The highest BCUT2D eigenvalue weighted by Crippen LogP contribution is 2.29. The zero-order chi connectivity index (χ0) is 12.3. The highest BCUT2D eigenvalue weighted by molar-refractivity contribution is 5.95. The van der Waals surface area contributed by atoms with Crippen molar-refractivity contribution in [2.24, 2.45) is 0 Å². The summed E-state index contributed by atoms with van der Waals surface area (Å²) in [6.07, 6.45) is 2.41. The molecule has 0 atom stereocenters. The van der Waals surface area contributed by atoms with Crippen LogP contribution in [0.4, 0.5) is 0 Å². The topological polar surface area (TPSA) is 52.4 Å². The molecule has 17 heavy (non-hydrogen) atoms. The fourth-order valence-corrected chi connectivity index (χ4v) is 1.78. The average molecular weight is 229 g/mol. The fourth-order valence-electron chi connectivity index (χ4n) is 1.78. The van der Waals surface area contributed by atoms with Crippen LogP contribution in [0.1, 0.15) is 5.56 Å². The number of fused-ring (bicyclic) bond motifs is 1. The van der Waals surface area contributed by atoms with Gasteiger partial charge in [-0.15, -0.1) is 0 Å². The second-order valence-electron chi connectivity index (χ2n) is 3.51. The molecular formula is C13H11NO3. The number of ether oxygens (including phenoxy) is 1. The van der Waals surface area contributed by atoms with E-state index in [1.54, 1.807) is 7.11 Å². The first-order valence-corrected chi connectivity index (χ1v) is 5.10. The van der Waals surface area contributed by atoms with Gasteiger partial charge in [-0.05, 0) is 17.0 Å². The summed E-state index contributed by atoms with van der Waals surface area (Å²) in [5.74, 6) is 0.714. The Kier molecular flexibility index (Phi) is 3.05. The van der Waals surface area contributed by atoms with Crippen LogP contribution in [0, 0.1) is 10.1 Å². The van der Waals surface area contributed by atoms with Crippen molar-refractivity contribution in [2.45, 2.75) is 0 Å². The van der Waals surface area contributed by atoms with Gasteiger partial charge in [0.05, 0.1) is 12.0 Å². The summed E-state index contributed by atoms with van der Waals surface area (Å²) >= 11 is 0. The lowest BCUT2D eigenvalue weighted by Gasteiger charge is -2.07. The minimum atomic E-state index is -0.478. The van der Waals surface area contributed by atoms with Crippen LogP contribution in [0.3, 0.4) is 0 Å². The standard InChI is InChI=1S/C13H11NO3/c1-17-12-7-3-6-10-4-2-5-11(13(10)12)8-9-14(15)16/h2-9H,1H3. The summed E-state index contributed by atoms with van der Waals surface area (Å²) in [6.45, 7) is 0. The largest absolute Gasteiger partial charge is 0.496 e. The molecule has 0 heterocycles. The van der Waals surface area contributed by atoms with Crippen LogP contribution in [0.5, 0.6) is 5.75 Å². The average Bonchev–Trinajstić information content (AvgIpc) is 2.35. The fraction of sp³-hybridized carbons (Fsp3) is 0.0769. The van der Waals surface area contributed by atoms with Crippen LogP contribution in [-0.4, -0.2) is 12.0 Å². The number of rotatable bonds is 3. The van der Waals surface area contributed by atoms with Crippen LogP contribution < -0.4 is 4.74 Å². The number of nitrogens with zero attached hydrogens (tertiary/aromatic N) is 1. The molecule has 0 radical (unpaired) electrons. The minimum Gasteiger partial charge on any atom is -0.496 e. The Morgan fingerprint density at radius 1 is 1.24 bits per heavy atom. The van der Waals surface area contributed by atoms with Crippen molar-refractivity contribution in [1.29, 1.82) is 0 Å². The monoisotopic (exact) mass is 229 g/mol. The zero-order valence-corrected chi connectivity index (χ0v) is 9.29. The zero-order valence-electron chi connectivity index (χ0n) is 9.29. The highest BCUT2D eigenvalue weighted by atomic mass is 16.6. The Hall–Kier alpha value is -2.36. The summed E-state index contributed by atoms with van der Waals surface area (Å²) in [7, 11) is 1.59. The van der Waals surface area contributed by atoms with Gasteiger partial charge in [0.15, 0.2) is 0 Å². The first-order chi connectivity index (χ1) is 8.22. The molecule has 0 unspecified atom stereocenters. The van der Waals surface area contributed by atoms with Crippen LogP contribution >= 0.6 is 0 Å². The van der Waals surface area contributed by atoms with E-state index in [9.17, 15) is 10.1 Å². The Labute approximate surface area is 98.3 Å². The summed E-state index contributed by atoms with van der Waals surface area (Å²) in [5.41, 5.74) is 0.775. The number of benzene rings is 2. The van der Waals surface area contributed by atoms with E-state index in [0.29, 0.717) is 5.75 Å². The second-order valence-corrected chi connectivity index (χ2v) is 3.51. The molecule has 0 aliphatic heterocycles. The molecule has 2 aromatic carbocycles. The lowest BCUT2D eigenvalue weighted by molar-refractivity contribution is -0.400. The van der Waals surface area contributed by atoms with Gasteiger partial charge in [0.1, 0.15) is 5.75 Å².